The second-order valence-electron chi connectivity index (χ2n) is 7.38. The Morgan fingerprint density at radius 1 is 1.05 bits per heavy atom. The molecule has 2 atom stereocenters. The highest BCUT2D eigenvalue weighted by Gasteiger charge is 2.36. The summed E-state index contributed by atoms with van der Waals surface area (Å²) in [7, 11) is 0. The average molecular weight is 286 g/mol. The van der Waals surface area contributed by atoms with Crippen molar-refractivity contribution in [1.29, 1.82) is 0 Å². The van der Waals surface area contributed by atoms with Gasteiger partial charge in [0.2, 0.25) is 0 Å². The van der Waals surface area contributed by atoms with Gasteiger partial charge in [-0.1, -0.05) is 26.3 Å². The molecule has 0 radical (unpaired) electrons. The standard InChI is InChI=1S/C19H30N2/c1-14(2)19-13-20-10-6-5-7-18(20)12-21(19)17-9-8-15(3)16(4)11-17/h8-9,11,14,18-19H,5-7,10,12-13H2,1-4H3. The van der Waals surface area contributed by atoms with E-state index in [0.717, 1.165) is 6.04 Å². The van der Waals surface area contributed by atoms with Crippen LogP contribution < -0.4 is 4.90 Å². The van der Waals surface area contributed by atoms with Crippen molar-refractivity contribution in [3.8, 4) is 0 Å². The van der Waals surface area contributed by atoms with Crippen LogP contribution in [0, 0.1) is 19.8 Å². The number of hydrogen-bond acceptors (Lipinski definition) is 2. The number of piperazine rings is 1. The molecule has 21 heavy (non-hydrogen) atoms. The van der Waals surface area contributed by atoms with Gasteiger partial charge in [0.25, 0.3) is 0 Å². The van der Waals surface area contributed by atoms with Crippen LogP contribution in [0.15, 0.2) is 18.2 Å². The number of nitrogens with zero attached hydrogens (tertiary/aromatic N) is 2. The monoisotopic (exact) mass is 286 g/mol. The molecular formula is C19H30N2. The molecule has 2 nitrogen and oxygen atoms in total. The molecule has 0 aliphatic carbocycles. The fraction of sp³-hybridized carbons (Fsp3) is 0.684. The maximum Gasteiger partial charge on any atom is 0.0440 e. The summed E-state index contributed by atoms with van der Waals surface area (Å²) in [6.07, 6.45) is 4.19. The normalized spacial score (nSPS) is 27.0. The summed E-state index contributed by atoms with van der Waals surface area (Å²) in [4.78, 5) is 5.45. The highest BCUT2D eigenvalue weighted by molar-refractivity contribution is 5.52. The minimum atomic E-state index is 0.654. The van der Waals surface area contributed by atoms with Gasteiger partial charge in [-0.2, -0.15) is 0 Å². The van der Waals surface area contributed by atoms with Crippen molar-refractivity contribution in [1.82, 2.24) is 4.90 Å². The van der Waals surface area contributed by atoms with Gasteiger partial charge in [0.1, 0.15) is 0 Å². The smallest absolute Gasteiger partial charge is 0.0440 e. The van der Waals surface area contributed by atoms with Gasteiger partial charge in [0, 0.05) is 30.9 Å². The van der Waals surface area contributed by atoms with E-state index in [4.69, 9.17) is 0 Å². The molecule has 1 aromatic carbocycles. The van der Waals surface area contributed by atoms with Crippen LogP contribution in [0.2, 0.25) is 0 Å². The summed E-state index contributed by atoms with van der Waals surface area (Å²) in [5, 5.41) is 0. The number of aryl methyl sites for hydroxylation is 2. The highest BCUT2D eigenvalue weighted by atomic mass is 15.3. The molecule has 2 unspecified atom stereocenters. The second-order valence-corrected chi connectivity index (χ2v) is 7.38. The first-order valence-corrected chi connectivity index (χ1v) is 8.64. The molecular weight excluding hydrogens is 256 g/mol. The molecule has 0 N–H and O–H groups in total. The summed E-state index contributed by atoms with van der Waals surface area (Å²) < 4.78 is 0. The molecule has 2 heterocycles. The summed E-state index contributed by atoms with van der Waals surface area (Å²) in [5.41, 5.74) is 4.25. The van der Waals surface area contributed by atoms with Crippen molar-refractivity contribution in [2.24, 2.45) is 5.92 Å². The van der Waals surface area contributed by atoms with Crippen molar-refractivity contribution in [2.45, 2.75) is 59.0 Å². The van der Waals surface area contributed by atoms with Crippen LogP contribution in [0.3, 0.4) is 0 Å². The van der Waals surface area contributed by atoms with Crippen molar-refractivity contribution >= 4 is 5.69 Å². The van der Waals surface area contributed by atoms with Crippen molar-refractivity contribution in [3.63, 3.8) is 0 Å². The summed E-state index contributed by atoms with van der Waals surface area (Å²) >= 11 is 0. The van der Waals surface area contributed by atoms with Gasteiger partial charge in [0.05, 0.1) is 0 Å². The van der Waals surface area contributed by atoms with Crippen LogP contribution in [0.4, 0.5) is 5.69 Å². The first-order chi connectivity index (χ1) is 10.1. The minimum Gasteiger partial charge on any atom is -0.365 e. The van der Waals surface area contributed by atoms with E-state index < -0.39 is 0 Å². The van der Waals surface area contributed by atoms with Crippen LogP contribution in [0.25, 0.3) is 0 Å². The van der Waals surface area contributed by atoms with Gasteiger partial charge < -0.3 is 4.90 Å². The Bertz CT molecular complexity index is 494. The van der Waals surface area contributed by atoms with Gasteiger partial charge >= 0.3 is 0 Å². The van der Waals surface area contributed by atoms with Crippen LogP contribution >= 0.6 is 0 Å². The predicted octanol–water partition coefficient (Wildman–Crippen LogP) is 4.00. The molecule has 0 spiro atoms. The molecule has 2 aliphatic heterocycles. The molecule has 2 aliphatic rings. The zero-order valence-electron chi connectivity index (χ0n) is 14.1. The zero-order chi connectivity index (χ0) is 15.0. The van der Waals surface area contributed by atoms with Crippen LogP contribution in [0.1, 0.15) is 44.2 Å². The average Bonchev–Trinajstić information content (AvgIpc) is 2.48. The van der Waals surface area contributed by atoms with E-state index in [1.165, 1.54) is 55.7 Å². The molecule has 0 saturated carbocycles. The number of piperidine rings is 1. The van der Waals surface area contributed by atoms with E-state index in [-0.39, 0.29) is 0 Å². The third-order valence-electron chi connectivity index (χ3n) is 5.57. The Balaban J connectivity index is 1.88. The lowest BCUT2D eigenvalue weighted by Gasteiger charge is -2.51. The molecule has 0 aromatic heterocycles. The number of rotatable bonds is 2. The lowest BCUT2D eigenvalue weighted by Crippen LogP contribution is -2.61. The first kappa shape index (κ1) is 14.9. The fourth-order valence-corrected chi connectivity index (χ4v) is 3.98. The number of anilines is 1. The Hall–Kier alpha value is -1.02. The SMILES string of the molecule is Cc1ccc(N2CC3CCCCN3CC2C(C)C)cc1C. The quantitative estimate of drug-likeness (QED) is 0.810. The van der Waals surface area contributed by atoms with Gasteiger partial charge in [0.15, 0.2) is 0 Å². The van der Waals surface area contributed by atoms with E-state index in [1.54, 1.807) is 0 Å². The largest absolute Gasteiger partial charge is 0.365 e. The maximum absolute atomic E-state index is 2.76. The van der Waals surface area contributed by atoms with Crippen molar-refractivity contribution in [2.75, 3.05) is 24.5 Å². The van der Waals surface area contributed by atoms with Crippen molar-refractivity contribution in [3.05, 3.63) is 29.3 Å². The lowest BCUT2D eigenvalue weighted by atomic mass is 9.91. The zero-order valence-corrected chi connectivity index (χ0v) is 14.1. The number of fused-ring (bicyclic) bond motifs is 1. The van der Waals surface area contributed by atoms with Crippen LogP contribution in [-0.2, 0) is 0 Å². The van der Waals surface area contributed by atoms with Gasteiger partial charge in [-0.3, -0.25) is 4.90 Å². The first-order valence-electron chi connectivity index (χ1n) is 8.64. The second kappa shape index (κ2) is 6.00. The molecule has 3 rings (SSSR count). The Morgan fingerprint density at radius 3 is 2.57 bits per heavy atom. The maximum atomic E-state index is 2.76. The summed E-state index contributed by atoms with van der Waals surface area (Å²) in [6, 6.07) is 8.44. The molecule has 2 heteroatoms. The minimum absolute atomic E-state index is 0.654. The third kappa shape index (κ3) is 2.96. The van der Waals surface area contributed by atoms with E-state index in [9.17, 15) is 0 Å². The van der Waals surface area contributed by atoms with Gasteiger partial charge in [-0.25, -0.2) is 0 Å². The molecule has 2 saturated heterocycles. The lowest BCUT2D eigenvalue weighted by molar-refractivity contribution is 0.100. The fourth-order valence-electron chi connectivity index (χ4n) is 3.98. The van der Waals surface area contributed by atoms with Gasteiger partial charge in [-0.15, -0.1) is 0 Å². The number of hydrogen-bond donors (Lipinski definition) is 0. The molecule has 1 aromatic rings. The highest BCUT2D eigenvalue weighted by Crippen LogP contribution is 2.31. The Morgan fingerprint density at radius 2 is 1.86 bits per heavy atom. The van der Waals surface area contributed by atoms with Crippen LogP contribution in [-0.4, -0.2) is 36.6 Å². The molecule has 0 bridgehead atoms. The van der Waals surface area contributed by atoms with E-state index in [2.05, 4.69) is 55.7 Å². The topological polar surface area (TPSA) is 6.48 Å². The number of benzene rings is 1. The summed E-state index contributed by atoms with van der Waals surface area (Å²) in [5.74, 6) is 0.703. The van der Waals surface area contributed by atoms with Gasteiger partial charge in [-0.05, 0) is 62.4 Å². The molecule has 116 valence electrons. The van der Waals surface area contributed by atoms with Crippen LogP contribution in [0.5, 0.6) is 0 Å². The predicted molar refractivity (Wildman–Crippen MR) is 91.1 cm³/mol. The Kier molecular flexibility index (Phi) is 4.26. The molecule has 2 fully saturated rings. The van der Waals surface area contributed by atoms with E-state index >= 15 is 0 Å². The molecule has 0 amide bonds. The summed E-state index contributed by atoms with van der Waals surface area (Å²) in [6.45, 7) is 13.0. The van der Waals surface area contributed by atoms with Crippen molar-refractivity contribution < 1.29 is 0 Å². The third-order valence-corrected chi connectivity index (χ3v) is 5.57. The van der Waals surface area contributed by atoms with E-state index in [1.807, 2.05) is 0 Å². The van der Waals surface area contributed by atoms with E-state index in [0.29, 0.717) is 12.0 Å². The Labute approximate surface area is 130 Å².